The molecule has 0 radical (unpaired) electrons. The van der Waals surface area contributed by atoms with Crippen molar-refractivity contribution >= 4 is 50.2 Å². The number of carbonyl (C=O) groups is 1. The number of amides is 1. The fourth-order valence-electron chi connectivity index (χ4n) is 4.03. The van der Waals surface area contributed by atoms with Gasteiger partial charge in [-0.15, -0.1) is 11.3 Å². The number of rotatable bonds is 7. The lowest BCUT2D eigenvalue weighted by Gasteiger charge is -2.09. The van der Waals surface area contributed by atoms with Gasteiger partial charge in [0.25, 0.3) is 5.91 Å². The van der Waals surface area contributed by atoms with Crippen LogP contribution in [0.3, 0.4) is 0 Å². The molecule has 0 atom stereocenters. The van der Waals surface area contributed by atoms with Crippen molar-refractivity contribution in [2.45, 2.75) is 13.8 Å². The van der Waals surface area contributed by atoms with Crippen molar-refractivity contribution in [1.82, 2.24) is 15.0 Å². The van der Waals surface area contributed by atoms with Crippen LogP contribution in [0.5, 0.6) is 0 Å². The molecule has 0 saturated carbocycles. The van der Waals surface area contributed by atoms with Gasteiger partial charge in [0.05, 0.1) is 11.9 Å². The van der Waals surface area contributed by atoms with Crippen LogP contribution in [0.15, 0.2) is 99.9 Å². The third-order valence-electron chi connectivity index (χ3n) is 5.90. The van der Waals surface area contributed by atoms with E-state index < -0.39 is 0 Å². The lowest BCUT2D eigenvalue weighted by molar-refractivity contribution is 0.0955. The Bertz CT molecular complexity index is 1550. The highest BCUT2D eigenvalue weighted by Gasteiger charge is 2.10. The SMILES string of the molecule is Cc1cc(/C=N/NC(=O)c2ccc(Nc3nc(-c4ccccc4)cs3)cc2)c(C)n1-c1ccc(Br)cc1. The number of hydrazone groups is 1. The van der Waals surface area contributed by atoms with Gasteiger partial charge in [-0.25, -0.2) is 10.4 Å². The van der Waals surface area contributed by atoms with Gasteiger partial charge in [0.1, 0.15) is 0 Å². The zero-order valence-electron chi connectivity index (χ0n) is 20.3. The Morgan fingerprint density at radius 1 is 1.00 bits per heavy atom. The molecule has 6 nitrogen and oxygen atoms in total. The molecular weight excluding hydrogens is 546 g/mol. The van der Waals surface area contributed by atoms with Gasteiger partial charge in [-0.3, -0.25) is 4.79 Å². The van der Waals surface area contributed by atoms with E-state index in [1.54, 1.807) is 18.3 Å². The molecule has 37 heavy (non-hydrogen) atoms. The zero-order valence-corrected chi connectivity index (χ0v) is 22.7. The quantitative estimate of drug-likeness (QED) is 0.157. The Morgan fingerprint density at radius 3 is 2.46 bits per heavy atom. The largest absolute Gasteiger partial charge is 0.332 e. The van der Waals surface area contributed by atoms with E-state index in [4.69, 9.17) is 0 Å². The zero-order chi connectivity index (χ0) is 25.8. The van der Waals surface area contributed by atoms with Crippen molar-refractivity contribution in [3.8, 4) is 16.9 Å². The first kappa shape index (κ1) is 24.7. The number of halogens is 1. The Balaban J connectivity index is 1.21. The van der Waals surface area contributed by atoms with Crippen LogP contribution in [-0.4, -0.2) is 21.7 Å². The molecule has 5 aromatic rings. The number of nitrogens with zero attached hydrogens (tertiary/aromatic N) is 3. The summed E-state index contributed by atoms with van der Waals surface area (Å²) in [6.07, 6.45) is 1.68. The topological polar surface area (TPSA) is 71.3 Å². The molecule has 2 N–H and O–H groups in total. The lowest BCUT2D eigenvalue weighted by Crippen LogP contribution is -2.17. The van der Waals surface area contributed by atoms with Gasteiger partial charge < -0.3 is 9.88 Å². The molecule has 5 rings (SSSR count). The highest BCUT2D eigenvalue weighted by atomic mass is 79.9. The number of hydrogen-bond acceptors (Lipinski definition) is 5. The predicted octanol–water partition coefficient (Wildman–Crippen LogP) is 7.49. The number of aryl methyl sites for hydroxylation is 1. The maximum atomic E-state index is 12.6. The number of benzene rings is 3. The van der Waals surface area contributed by atoms with Crippen LogP contribution in [0.25, 0.3) is 16.9 Å². The molecule has 184 valence electrons. The van der Waals surface area contributed by atoms with Crippen LogP contribution in [0.4, 0.5) is 10.8 Å². The molecule has 0 saturated heterocycles. The Hall–Kier alpha value is -4.01. The van der Waals surface area contributed by atoms with Gasteiger partial charge in [-0.1, -0.05) is 46.3 Å². The molecule has 0 fully saturated rings. The number of aromatic nitrogens is 2. The third-order valence-corrected chi connectivity index (χ3v) is 7.18. The third kappa shape index (κ3) is 5.71. The first-order chi connectivity index (χ1) is 18.0. The standard InChI is InChI=1S/C29H24BrN5OS/c1-19-16-23(20(2)35(19)26-14-10-24(30)11-15-26)17-31-34-28(36)22-8-12-25(13-9-22)32-29-33-27(18-37-29)21-6-4-3-5-7-21/h3-18H,1-2H3,(H,32,33)(H,34,36)/b31-17+. The lowest BCUT2D eigenvalue weighted by atomic mass is 10.2. The van der Waals surface area contributed by atoms with E-state index in [1.807, 2.05) is 66.9 Å². The van der Waals surface area contributed by atoms with Crippen LogP contribution < -0.4 is 10.7 Å². The van der Waals surface area contributed by atoms with Gasteiger partial charge >= 0.3 is 0 Å². The first-order valence-corrected chi connectivity index (χ1v) is 13.3. The Labute approximate surface area is 227 Å². The smallest absolute Gasteiger partial charge is 0.271 e. The normalized spacial score (nSPS) is 11.1. The van der Waals surface area contributed by atoms with Gasteiger partial charge in [0.15, 0.2) is 5.13 Å². The van der Waals surface area contributed by atoms with Gasteiger partial charge in [0.2, 0.25) is 0 Å². The van der Waals surface area contributed by atoms with Crippen LogP contribution >= 0.6 is 27.3 Å². The van der Waals surface area contributed by atoms with Crippen LogP contribution in [-0.2, 0) is 0 Å². The summed E-state index contributed by atoms with van der Waals surface area (Å²) in [6.45, 7) is 4.09. The minimum absolute atomic E-state index is 0.273. The second-order valence-corrected chi connectivity index (χ2v) is 10.2. The first-order valence-electron chi connectivity index (χ1n) is 11.6. The van der Waals surface area contributed by atoms with E-state index in [9.17, 15) is 4.79 Å². The number of nitrogens with one attached hydrogen (secondary N) is 2. The van der Waals surface area contributed by atoms with Crippen LogP contribution in [0.1, 0.15) is 27.3 Å². The van der Waals surface area contributed by atoms with E-state index in [0.717, 1.165) is 49.2 Å². The van der Waals surface area contributed by atoms with Crippen LogP contribution in [0.2, 0.25) is 0 Å². The van der Waals surface area contributed by atoms with Crippen molar-refractivity contribution in [3.05, 3.63) is 117 Å². The summed E-state index contributed by atoms with van der Waals surface area (Å²) in [5.74, 6) is -0.273. The highest BCUT2D eigenvalue weighted by molar-refractivity contribution is 9.10. The maximum absolute atomic E-state index is 12.6. The van der Waals surface area contributed by atoms with Crippen molar-refractivity contribution in [2.24, 2.45) is 5.10 Å². The molecule has 3 aromatic carbocycles. The predicted molar refractivity (Wildman–Crippen MR) is 155 cm³/mol. The average molecular weight is 571 g/mol. The van der Waals surface area contributed by atoms with Crippen molar-refractivity contribution in [3.63, 3.8) is 0 Å². The second-order valence-electron chi connectivity index (χ2n) is 8.44. The average Bonchev–Trinajstić information content (AvgIpc) is 3.49. The van der Waals surface area contributed by atoms with Crippen LogP contribution in [0, 0.1) is 13.8 Å². The van der Waals surface area contributed by atoms with Gasteiger partial charge in [0, 0.05) is 49.3 Å². The molecule has 0 aliphatic carbocycles. The molecule has 0 bridgehead atoms. The fourth-order valence-corrected chi connectivity index (χ4v) is 5.04. The van der Waals surface area contributed by atoms with Crippen molar-refractivity contribution < 1.29 is 4.79 Å². The van der Waals surface area contributed by atoms with E-state index in [-0.39, 0.29) is 5.91 Å². The minimum Gasteiger partial charge on any atom is -0.332 e. The van der Waals surface area contributed by atoms with E-state index in [1.165, 1.54) is 11.3 Å². The summed E-state index contributed by atoms with van der Waals surface area (Å²) in [4.78, 5) is 17.3. The highest BCUT2D eigenvalue weighted by Crippen LogP contribution is 2.27. The molecule has 1 amide bonds. The fraction of sp³-hybridized carbons (Fsp3) is 0.0690. The molecule has 2 heterocycles. The molecule has 0 spiro atoms. The molecule has 8 heteroatoms. The molecule has 0 aliphatic rings. The van der Waals surface area contributed by atoms with Crippen molar-refractivity contribution in [1.29, 1.82) is 0 Å². The van der Waals surface area contributed by atoms with Gasteiger partial charge in [-0.05, 0) is 68.4 Å². The Morgan fingerprint density at radius 2 is 1.73 bits per heavy atom. The van der Waals surface area contributed by atoms with Gasteiger partial charge in [-0.2, -0.15) is 5.10 Å². The van der Waals surface area contributed by atoms with Crippen molar-refractivity contribution in [2.75, 3.05) is 5.32 Å². The van der Waals surface area contributed by atoms with E-state index in [0.29, 0.717) is 5.56 Å². The summed E-state index contributed by atoms with van der Waals surface area (Å²) in [5.41, 5.74) is 10.2. The molecular formula is C29H24BrN5OS. The Kier molecular flexibility index (Phi) is 7.30. The molecule has 0 unspecified atom stereocenters. The van der Waals surface area contributed by atoms with E-state index >= 15 is 0 Å². The maximum Gasteiger partial charge on any atom is 0.271 e. The summed E-state index contributed by atoms with van der Waals surface area (Å²) in [7, 11) is 0. The second kappa shape index (κ2) is 10.9. The van der Waals surface area contributed by atoms with E-state index in [2.05, 4.69) is 66.4 Å². The number of thiazole rings is 1. The minimum atomic E-state index is -0.273. The summed E-state index contributed by atoms with van der Waals surface area (Å²) < 4.78 is 3.19. The number of anilines is 2. The number of carbonyl (C=O) groups excluding carboxylic acids is 1. The number of hydrogen-bond donors (Lipinski definition) is 2. The summed E-state index contributed by atoms with van der Waals surface area (Å²) in [6, 6.07) is 27.5. The molecule has 2 aromatic heterocycles. The summed E-state index contributed by atoms with van der Waals surface area (Å²) >= 11 is 5.02. The molecule has 0 aliphatic heterocycles. The summed E-state index contributed by atoms with van der Waals surface area (Å²) in [5, 5.41) is 10.3. The monoisotopic (exact) mass is 569 g/mol.